The highest BCUT2D eigenvalue weighted by Crippen LogP contribution is 2.31. The van der Waals surface area contributed by atoms with Gasteiger partial charge in [-0.2, -0.15) is 4.31 Å². The zero-order chi connectivity index (χ0) is 11.7. The lowest BCUT2D eigenvalue weighted by Crippen LogP contribution is -2.43. The third kappa shape index (κ3) is 2.92. The molecule has 15 heavy (non-hydrogen) atoms. The maximum Gasteiger partial charge on any atom is 0.214 e. The molecule has 1 aliphatic rings. The Morgan fingerprint density at radius 3 is 2.47 bits per heavy atom. The van der Waals surface area contributed by atoms with Gasteiger partial charge in [0.1, 0.15) is 0 Å². The van der Waals surface area contributed by atoms with Gasteiger partial charge in [0.25, 0.3) is 0 Å². The third-order valence-electron chi connectivity index (χ3n) is 2.88. The monoisotopic (exact) mass is 235 g/mol. The van der Waals surface area contributed by atoms with Crippen LogP contribution in [-0.4, -0.2) is 41.8 Å². The molecule has 0 bridgehead atoms. The van der Waals surface area contributed by atoms with Crippen LogP contribution in [0.25, 0.3) is 0 Å². The summed E-state index contributed by atoms with van der Waals surface area (Å²) < 4.78 is 25.4. The summed E-state index contributed by atoms with van der Waals surface area (Å²) in [6.07, 6.45) is 1.57. The Balaban J connectivity index is 2.79. The lowest BCUT2D eigenvalue weighted by molar-refractivity contribution is 0.187. The van der Waals surface area contributed by atoms with Crippen LogP contribution in [0.4, 0.5) is 0 Å². The second-order valence-electron chi connectivity index (χ2n) is 4.87. The Bertz CT molecular complexity index is 311. The van der Waals surface area contributed by atoms with Gasteiger partial charge in [0.15, 0.2) is 0 Å². The summed E-state index contributed by atoms with van der Waals surface area (Å²) in [5.74, 6) is 0.194. The van der Waals surface area contributed by atoms with Gasteiger partial charge in [0.2, 0.25) is 10.0 Å². The van der Waals surface area contributed by atoms with Crippen LogP contribution in [0.2, 0.25) is 0 Å². The topological polar surface area (TPSA) is 57.6 Å². The highest BCUT2D eigenvalue weighted by Gasteiger charge is 2.43. The number of β-amino-alcohol motifs (C(OH)–C–C–N with tert-alkyl or cyclic N) is 1. The van der Waals surface area contributed by atoms with E-state index in [2.05, 4.69) is 0 Å². The van der Waals surface area contributed by atoms with Crippen molar-refractivity contribution >= 4 is 10.0 Å². The molecule has 1 fully saturated rings. The molecule has 0 aromatic heterocycles. The van der Waals surface area contributed by atoms with Crippen molar-refractivity contribution in [1.82, 2.24) is 4.31 Å². The van der Waals surface area contributed by atoms with Crippen molar-refractivity contribution < 1.29 is 13.5 Å². The summed E-state index contributed by atoms with van der Waals surface area (Å²) in [7, 11) is -3.19. The number of aliphatic hydroxyl groups is 1. The Labute approximate surface area is 92.3 Å². The van der Waals surface area contributed by atoms with E-state index in [9.17, 15) is 13.5 Å². The zero-order valence-electron chi connectivity index (χ0n) is 9.73. The molecular formula is C10H21NO3S. The van der Waals surface area contributed by atoms with Gasteiger partial charge in [-0.3, -0.25) is 0 Å². The summed E-state index contributed by atoms with van der Waals surface area (Å²) in [5.41, 5.74) is -0.439. The molecular weight excluding hydrogens is 214 g/mol. The molecule has 0 saturated carbocycles. The highest BCUT2D eigenvalue weighted by atomic mass is 32.2. The van der Waals surface area contributed by atoms with Crippen LogP contribution >= 0.6 is 0 Å². The first-order chi connectivity index (χ1) is 6.79. The van der Waals surface area contributed by atoms with E-state index in [1.54, 1.807) is 0 Å². The van der Waals surface area contributed by atoms with Crippen LogP contribution in [-0.2, 0) is 10.0 Å². The number of rotatable bonds is 4. The van der Waals surface area contributed by atoms with Crippen molar-refractivity contribution in [2.75, 3.05) is 12.3 Å². The van der Waals surface area contributed by atoms with E-state index in [1.165, 1.54) is 4.31 Å². The normalized spacial score (nSPS) is 27.1. The standard InChI is InChI=1S/C10H21NO3S/c1-4-5-6-15(13,14)11-8-9(12)7-10(11,2)3/h9,12H,4-8H2,1-3H3. The fourth-order valence-electron chi connectivity index (χ4n) is 2.11. The molecule has 0 aliphatic carbocycles. The quantitative estimate of drug-likeness (QED) is 0.789. The van der Waals surface area contributed by atoms with Crippen molar-refractivity contribution in [3.05, 3.63) is 0 Å². The number of aliphatic hydroxyl groups excluding tert-OH is 1. The Kier molecular flexibility index (Phi) is 3.79. The van der Waals surface area contributed by atoms with E-state index in [0.717, 1.165) is 6.42 Å². The van der Waals surface area contributed by atoms with Crippen LogP contribution in [0.15, 0.2) is 0 Å². The largest absolute Gasteiger partial charge is 0.392 e. The Morgan fingerprint density at radius 1 is 1.47 bits per heavy atom. The fraction of sp³-hybridized carbons (Fsp3) is 1.00. The van der Waals surface area contributed by atoms with Crippen molar-refractivity contribution in [2.24, 2.45) is 0 Å². The Hall–Kier alpha value is -0.130. The predicted molar refractivity (Wildman–Crippen MR) is 60.1 cm³/mol. The first kappa shape index (κ1) is 12.9. The molecule has 1 unspecified atom stereocenters. The van der Waals surface area contributed by atoms with Gasteiger partial charge in [0, 0.05) is 12.1 Å². The van der Waals surface area contributed by atoms with Crippen molar-refractivity contribution in [2.45, 2.75) is 51.7 Å². The zero-order valence-corrected chi connectivity index (χ0v) is 10.5. The second kappa shape index (κ2) is 4.39. The number of nitrogens with zero attached hydrogens (tertiary/aromatic N) is 1. The minimum atomic E-state index is -3.19. The van der Waals surface area contributed by atoms with Crippen molar-refractivity contribution in [1.29, 1.82) is 0 Å². The third-order valence-corrected chi connectivity index (χ3v) is 5.00. The van der Waals surface area contributed by atoms with E-state index >= 15 is 0 Å². The van der Waals surface area contributed by atoms with E-state index in [1.807, 2.05) is 20.8 Å². The van der Waals surface area contributed by atoms with Gasteiger partial charge in [-0.05, 0) is 26.7 Å². The molecule has 0 amide bonds. The van der Waals surface area contributed by atoms with E-state index in [-0.39, 0.29) is 12.3 Å². The van der Waals surface area contributed by atoms with E-state index in [0.29, 0.717) is 12.8 Å². The lowest BCUT2D eigenvalue weighted by atomic mass is 10.0. The summed E-state index contributed by atoms with van der Waals surface area (Å²) in [6, 6.07) is 0. The molecule has 0 aromatic carbocycles. The van der Waals surface area contributed by atoms with E-state index < -0.39 is 21.7 Å². The fourth-order valence-corrected chi connectivity index (χ4v) is 4.21. The minimum absolute atomic E-state index is 0.194. The maximum atomic E-state index is 12.0. The Morgan fingerprint density at radius 2 is 2.07 bits per heavy atom. The molecule has 0 radical (unpaired) electrons. The van der Waals surface area contributed by atoms with Gasteiger partial charge in [-0.25, -0.2) is 8.42 Å². The average Bonchev–Trinajstić information content (AvgIpc) is 2.37. The average molecular weight is 235 g/mol. The maximum absolute atomic E-state index is 12.0. The molecule has 1 aliphatic heterocycles. The summed E-state index contributed by atoms with van der Waals surface area (Å²) in [6.45, 7) is 5.96. The number of hydrogen-bond donors (Lipinski definition) is 1. The molecule has 0 spiro atoms. The van der Waals surface area contributed by atoms with Crippen LogP contribution in [0.5, 0.6) is 0 Å². The van der Waals surface area contributed by atoms with Crippen molar-refractivity contribution in [3.8, 4) is 0 Å². The molecule has 90 valence electrons. The van der Waals surface area contributed by atoms with Gasteiger partial charge in [-0.15, -0.1) is 0 Å². The molecule has 1 saturated heterocycles. The molecule has 0 aromatic rings. The van der Waals surface area contributed by atoms with Crippen molar-refractivity contribution in [3.63, 3.8) is 0 Å². The molecule has 1 heterocycles. The number of unbranched alkanes of at least 4 members (excludes halogenated alkanes) is 1. The molecule has 1 rings (SSSR count). The summed E-state index contributed by atoms with van der Waals surface area (Å²) in [4.78, 5) is 0. The number of hydrogen-bond acceptors (Lipinski definition) is 3. The van der Waals surface area contributed by atoms with Crippen LogP contribution in [0.3, 0.4) is 0 Å². The van der Waals surface area contributed by atoms with E-state index in [4.69, 9.17) is 0 Å². The van der Waals surface area contributed by atoms with Gasteiger partial charge in [-0.1, -0.05) is 13.3 Å². The van der Waals surface area contributed by atoms with Gasteiger partial charge in [0.05, 0.1) is 11.9 Å². The number of sulfonamides is 1. The smallest absolute Gasteiger partial charge is 0.214 e. The second-order valence-corrected chi connectivity index (χ2v) is 6.88. The highest BCUT2D eigenvalue weighted by molar-refractivity contribution is 7.89. The van der Waals surface area contributed by atoms with Crippen LogP contribution in [0, 0.1) is 0 Å². The summed E-state index contributed by atoms with van der Waals surface area (Å²) >= 11 is 0. The predicted octanol–water partition coefficient (Wildman–Crippen LogP) is 0.962. The van der Waals surface area contributed by atoms with Gasteiger partial charge >= 0.3 is 0 Å². The molecule has 1 atom stereocenters. The SMILES string of the molecule is CCCCS(=O)(=O)N1CC(O)CC1(C)C. The first-order valence-electron chi connectivity index (χ1n) is 5.48. The van der Waals surface area contributed by atoms with Crippen LogP contribution < -0.4 is 0 Å². The first-order valence-corrected chi connectivity index (χ1v) is 7.09. The minimum Gasteiger partial charge on any atom is -0.392 e. The molecule has 4 nitrogen and oxygen atoms in total. The van der Waals surface area contributed by atoms with Crippen LogP contribution in [0.1, 0.15) is 40.0 Å². The summed E-state index contributed by atoms with van der Waals surface area (Å²) in [5, 5.41) is 9.52. The molecule has 1 N–H and O–H groups in total. The lowest BCUT2D eigenvalue weighted by Gasteiger charge is -2.30. The molecule has 5 heteroatoms. The van der Waals surface area contributed by atoms with Gasteiger partial charge < -0.3 is 5.11 Å².